The van der Waals surface area contributed by atoms with Crippen molar-refractivity contribution in [1.82, 2.24) is 15.0 Å². The van der Waals surface area contributed by atoms with E-state index in [0.717, 1.165) is 100 Å². The number of pyridine rings is 1. The summed E-state index contributed by atoms with van der Waals surface area (Å²) in [4.78, 5) is 15.4. The van der Waals surface area contributed by atoms with E-state index in [9.17, 15) is 0 Å². The number of para-hydroxylation sites is 3. The van der Waals surface area contributed by atoms with Crippen LogP contribution in [0, 0.1) is 0 Å². The summed E-state index contributed by atoms with van der Waals surface area (Å²) in [6, 6.07) is 75.4. The number of benzene rings is 9. The molecule has 0 atom stereocenters. The summed E-state index contributed by atoms with van der Waals surface area (Å²) in [5, 5.41) is 4.36. The fourth-order valence-electron chi connectivity index (χ4n) is 10.2. The molecule has 0 bridgehead atoms. The molecular weight excluding hydrogens is 755 g/mol. The van der Waals surface area contributed by atoms with Crippen molar-refractivity contribution in [2.45, 2.75) is 5.41 Å². The minimum absolute atomic E-state index is 0.544. The molecule has 2 aromatic heterocycles. The molecule has 2 aliphatic rings. The van der Waals surface area contributed by atoms with Gasteiger partial charge in [0.05, 0.1) is 27.8 Å². The zero-order valence-electron chi connectivity index (χ0n) is 33.5. The van der Waals surface area contributed by atoms with Crippen LogP contribution in [0.3, 0.4) is 0 Å². The highest BCUT2D eigenvalue weighted by atomic mass is 16.5. The van der Waals surface area contributed by atoms with Gasteiger partial charge >= 0.3 is 0 Å². The Morgan fingerprint density at radius 3 is 1.50 bits per heavy atom. The summed E-state index contributed by atoms with van der Waals surface area (Å²) < 4.78 is 6.94. The topological polar surface area (TPSA) is 47.9 Å². The smallest absolute Gasteiger partial charge is 0.160 e. The van der Waals surface area contributed by atoms with E-state index in [1.54, 1.807) is 0 Å². The first-order chi connectivity index (χ1) is 30.7. The standard InChI is InChI=1S/C58H35N3O/c1-2-14-40(15-3-1)57-60-52-24-12-7-19-44(52)55(61-57)38-30-26-36(27-31-38)37-28-32-39(33-29-37)56-46-35-54-50(34-45(46)43-18-6-11-23-51(43)59-56)58(49-22-10-13-25-53(49)62-54)47-20-8-4-16-41(47)42-17-5-9-21-48(42)58/h1-35H. The zero-order chi connectivity index (χ0) is 40.8. The molecule has 0 saturated carbocycles. The van der Waals surface area contributed by atoms with Crippen LogP contribution in [0.25, 0.3) is 88.7 Å². The number of fused-ring (bicyclic) bond motifs is 13. The Kier molecular flexibility index (Phi) is 7.49. The predicted molar refractivity (Wildman–Crippen MR) is 251 cm³/mol. The molecule has 4 heteroatoms. The van der Waals surface area contributed by atoms with Crippen LogP contribution in [0.1, 0.15) is 22.3 Å². The highest BCUT2D eigenvalue weighted by Crippen LogP contribution is 2.62. The highest BCUT2D eigenvalue weighted by Gasteiger charge is 2.51. The molecule has 1 aliphatic carbocycles. The van der Waals surface area contributed by atoms with E-state index in [1.165, 1.54) is 22.3 Å². The minimum Gasteiger partial charge on any atom is -0.457 e. The average molecular weight is 790 g/mol. The molecule has 3 heterocycles. The fourth-order valence-corrected chi connectivity index (χ4v) is 10.2. The van der Waals surface area contributed by atoms with Crippen molar-refractivity contribution in [3.63, 3.8) is 0 Å². The molecule has 0 fully saturated rings. The minimum atomic E-state index is -0.544. The molecule has 0 unspecified atom stereocenters. The van der Waals surface area contributed by atoms with E-state index in [-0.39, 0.29) is 0 Å². The summed E-state index contributed by atoms with van der Waals surface area (Å²) in [6.45, 7) is 0. The van der Waals surface area contributed by atoms with Gasteiger partial charge in [0, 0.05) is 44.0 Å². The van der Waals surface area contributed by atoms with Gasteiger partial charge in [0.2, 0.25) is 0 Å². The van der Waals surface area contributed by atoms with Crippen LogP contribution in [0.4, 0.5) is 0 Å². The number of ether oxygens (including phenoxy) is 1. The first-order valence-electron chi connectivity index (χ1n) is 21.1. The normalized spacial score (nSPS) is 13.1. The molecule has 0 radical (unpaired) electrons. The predicted octanol–water partition coefficient (Wildman–Crippen LogP) is 14.5. The van der Waals surface area contributed by atoms with E-state index in [0.29, 0.717) is 0 Å². The van der Waals surface area contributed by atoms with Crippen molar-refractivity contribution in [2.24, 2.45) is 0 Å². The van der Waals surface area contributed by atoms with Crippen LogP contribution >= 0.6 is 0 Å². The van der Waals surface area contributed by atoms with Crippen LogP contribution in [-0.2, 0) is 5.41 Å². The lowest BCUT2D eigenvalue weighted by Crippen LogP contribution is -2.32. The van der Waals surface area contributed by atoms with Gasteiger partial charge in [0.25, 0.3) is 0 Å². The van der Waals surface area contributed by atoms with Crippen molar-refractivity contribution in [3.8, 4) is 67.7 Å². The SMILES string of the molecule is c1ccc(-c2nc(-c3ccc(-c4ccc(-c5nc6ccccc6c6cc7c(cc56)Oc5ccccc5C75c6ccccc6-c6ccccc65)cc4)cc3)c3ccccc3n2)cc1. The van der Waals surface area contributed by atoms with Gasteiger partial charge in [-0.1, -0.05) is 182 Å². The molecule has 13 rings (SSSR count). The van der Waals surface area contributed by atoms with Gasteiger partial charge in [-0.05, 0) is 69.1 Å². The second-order valence-corrected chi connectivity index (χ2v) is 16.2. The van der Waals surface area contributed by atoms with Gasteiger partial charge in [-0.25, -0.2) is 15.0 Å². The summed E-state index contributed by atoms with van der Waals surface area (Å²) in [5.41, 5.74) is 15.9. The number of hydrogen-bond acceptors (Lipinski definition) is 4. The van der Waals surface area contributed by atoms with Gasteiger partial charge in [0.15, 0.2) is 5.82 Å². The van der Waals surface area contributed by atoms with Gasteiger partial charge in [0.1, 0.15) is 11.5 Å². The summed E-state index contributed by atoms with van der Waals surface area (Å²) in [6.07, 6.45) is 0. The molecule has 9 aromatic carbocycles. The first-order valence-corrected chi connectivity index (χ1v) is 21.1. The van der Waals surface area contributed by atoms with E-state index in [4.69, 9.17) is 19.7 Å². The maximum absolute atomic E-state index is 6.94. The lowest BCUT2D eigenvalue weighted by Gasteiger charge is -2.39. The van der Waals surface area contributed by atoms with Gasteiger partial charge in [-0.3, -0.25) is 0 Å². The largest absolute Gasteiger partial charge is 0.457 e. The third kappa shape index (κ3) is 5.04. The Morgan fingerprint density at radius 1 is 0.306 bits per heavy atom. The molecule has 0 saturated heterocycles. The van der Waals surface area contributed by atoms with Crippen LogP contribution < -0.4 is 4.74 Å². The number of aromatic nitrogens is 3. The lowest BCUT2D eigenvalue weighted by atomic mass is 9.65. The Labute approximate surface area is 358 Å². The summed E-state index contributed by atoms with van der Waals surface area (Å²) >= 11 is 0. The summed E-state index contributed by atoms with van der Waals surface area (Å²) in [7, 11) is 0. The monoisotopic (exact) mass is 789 g/mol. The second-order valence-electron chi connectivity index (χ2n) is 16.2. The van der Waals surface area contributed by atoms with Crippen molar-refractivity contribution in [2.75, 3.05) is 0 Å². The van der Waals surface area contributed by atoms with Crippen LogP contribution in [0.15, 0.2) is 212 Å². The third-order valence-corrected chi connectivity index (χ3v) is 13.0. The van der Waals surface area contributed by atoms with Crippen LogP contribution in [0.2, 0.25) is 0 Å². The highest BCUT2D eigenvalue weighted by molar-refractivity contribution is 6.12. The van der Waals surface area contributed by atoms with E-state index in [2.05, 4.69) is 182 Å². The van der Waals surface area contributed by atoms with Gasteiger partial charge < -0.3 is 4.74 Å². The van der Waals surface area contributed by atoms with Crippen LogP contribution in [-0.4, -0.2) is 15.0 Å². The molecule has 0 N–H and O–H groups in total. The number of nitrogens with zero attached hydrogens (tertiary/aromatic N) is 3. The maximum Gasteiger partial charge on any atom is 0.160 e. The Morgan fingerprint density at radius 2 is 0.823 bits per heavy atom. The first kappa shape index (κ1) is 34.6. The van der Waals surface area contributed by atoms with Gasteiger partial charge in [-0.15, -0.1) is 0 Å². The van der Waals surface area contributed by atoms with E-state index >= 15 is 0 Å². The fraction of sp³-hybridized carbons (Fsp3) is 0.0172. The average Bonchev–Trinajstić information content (AvgIpc) is 3.64. The molecule has 288 valence electrons. The maximum atomic E-state index is 6.94. The quantitative estimate of drug-likeness (QED) is 0.167. The summed E-state index contributed by atoms with van der Waals surface area (Å²) in [5.74, 6) is 2.45. The Hall–Kier alpha value is -8.21. The number of hydrogen-bond donors (Lipinski definition) is 0. The van der Waals surface area contributed by atoms with E-state index in [1.807, 2.05) is 30.3 Å². The van der Waals surface area contributed by atoms with Crippen LogP contribution in [0.5, 0.6) is 11.5 Å². The molecule has 11 aromatic rings. The molecule has 1 spiro atoms. The van der Waals surface area contributed by atoms with Crippen molar-refractivity contribution in [3.05, 3.63) is 235 Å². The molecule has 62 heavy (non-hydrogen) atoms. The molecule has 1 aliphatic heterocycles. The Balaban J connectivity index is 0.934. The number of rotatable bonds is 4. The van der Waals surface area contributed by atoms with E-state index < -0.39 is 5.41 Å². The second kappa shape index (κ2) is 13.4. The Bertz CT molecular complexity index is 3550. The lowest BCUT2D eigenvalue weighted by molar-refractivity contribution is 0.437. The molecule has 0 amide bonds. The third-order valence-electron chi connectivity index (χ3n) is 13.0. The van der Waals surface area contributed by atoms with Crippen molar-refractivity contribution < 1.29 is 4.74 Å². The van der Waals surface area contributed by atoms with Crippen molar-refractivity contribution in [1.29, 1.82) is 0 Å². The molecular formula is C58H35N3O. The van der Waals surface area contributed by atoms with Gasteiger partial charge in [-0.2, -0.15) is 0 Å². The zero-order valence-corrected chi connectivity index (χ0v) is 33.5. The van der Waals surface area contributed by atoms with Crippen molar-refractivity contribution >= 4 is 32.6 Å². The molecule has 4 nitrogen and oxygen atoms in total.